The molecule has 79 heavy (non-hydrogen) atoms. The van der Waals surface area contributed by atoms with Crippen molar-refractivity contribution in [3.8, 4) is 28.5 Å². The molecule has 8 aromatic heterocycles. The Kier molecular flexibility index (Phi) is 18.5. The number of aromatic nitrogens is 10. The maximum absolute atomic E-state index is 15.4. The average molecular weight is 1090 g/mol. The van der Waals surface area contributed by atoms with Gasteiger partial charge in [0.15, 0.2) is 11.6 Å². The van der Waals surface area contributed by atoms with Gasteiger partial charge in [0.2, 0.25) is 5.91 Å². The number of carbonyl (C=O) groups is 2. The summed E-state index contributed by atoms with van der Waals surface area (Å²) in [5, 5.41) is 9.22. The largest absolute Gasteiger partial charge is 0.379 e. The SMILES string of the molecule is CCCCCOCCOCCN(C)C(=O)N[C@@H]1CCC[C@H](n2cc(-n3cc(-c4ncc5ccn([C@@H]6CCC[C@H](NC(=O)CCCCOCCOCC)C6)c5n4)c4cc(F)cnc43)c3cnc(-c4c[nH]c5ncc(F)cc45)nc32)C1. The number of hydrogen-bond donors (Lipinski definition) is 3. The van der Waals surface area contributed by atoms with Gasteiger partial charge >= 0.3 is 6.03 Å². The van der Waals surface area contributed by atoms with Crippen LogP contribution in [0.1, 0.15) is 116 Å². The number of nitrogens with one attached hydrogen (secondary N) is 3. The van der Waals surface area contributed by atoms with E-state index in [2.05, 4.69) is 41.6 Å². The molecule has 3 amide bonds. The average Bonchev–Trinajstić information content (AvgIpc) is 4.40. The maximum Gasteiger partial charge on any atom is 0.317 e. The van der Waals surface area contributed by atoms with Crippen LogP contribution in [-0.4, -0.2) is 144 Å². The van der Waals surface area contributed by atoms with Crippen LogP contribution in [0.3, 0.4) is 0 Å². The fraction of sp³-hybridized carbons (Fsp3) is 0.517. The molecule has 2 fully saturated rings. The molecule has 2 aliphatic carbocycles. The summed E-state index contributed by atoms with van der Waals surface area (Å²) in [5.41, 5.74) is 4.25. The van der Waals surface area contributed by atoms with Crippen LogP contribution in [0, 0.1) is 11.6 Å². The Morgan fingerprint density at radius 1 is 0.684 bits per heavy atom. The van der Waals surface area contributed by atoms with E-state index in [4.69, 9.17) is 38.9 Å². The van der Waals surface area contributed by atoms with Crippen molar-refractivity contribution < 1.29 is 37.3 Å². The number of H-pyrrole nitrogens is 1. The number of likely N-dealkylation sites (N-methyl/N-ethyl adjacent to an activating group) is 1. The lowest BCUT2D eigenvalue weighted by Crippen LogP contribution is -2.46. The van der Waals surface area contributed by atoms with E-state index in [1.54, 1.807) is 30.5 Å². The molecule has 0 aromatic carbocycles. The number of rotatable bonds is 26. The van der Waals surface area contributed by atoms with Gasteiger partial charge in [-0.05, 0) is 95.8 Å². The number of urea groups is 1. The van der Waals surface area contributed by atoms with Crippen molar-refractivity contribution in [1.29, 1.82) is 0 Å². The first kappa shape index (κ1) is 55.4. The second-order valence-electron chi connectivity index (χ2n) is 20.9. The number of halogens is 2. The molecule has 2 saturated carbocycles. The van der Waals surface area contributed by atoms with Crippen molar-refractivity contribution in [2.45, 2.75) is 128 Å². The summed E-state index contributed by atoms with van der Waals surface area (Å²) >= 11 is 0. The van der Waals surface area contributed by atoms with E-state index in [9.17, 15) is 14.0 Å². The fourth-order valence-electron chi connectivity index (χ4n) is 11.2. The van der Waals surface area contributed by atoms with Crippen molar-refractivity contribution in [2.75, 3.05) is 66.4 Å². The minimum Gasteiger partial charge on any atom is -0.379 e. The Hall–Kier alpha value is -6.94. The Bertz CT molecular complexity index is 3340. The van der Waals surface area contributed by atoms with E-state index in [0.717, 1.165) is 94.7 Å². The first-order chi connectivity index (χ1) is 38.6. The number of ether oxygens (including phenoxy) is 4. The summed E-state index contributed by atoms with van der Waals surface area (Å²) in [6.07, 6.45) is 25.7. The quantitative estimate of drug-likeness (QED) is 0.0433. The van der Waals surface area contributed by atoms with E-state index >= 15 is 4.39 Å². The Labute approximate surface area is 458 Å². The highest BCUT2D eigenvalue weighted by Gasteiger charge is 2.30. The van der Waals surface area contributed by atoms with Gasteiger partial charge in [-0.3, -0.25) is 9.36 Å². The van der Waals surface area contributed by atoms with Gasteiger partial charge in [0.25, 0.3) is 0 Å². The summed E-state index contributed by atoms with van der Waals surface area (Å²) < 4.78 is 58.7. The number of unbranched alkanes of at least 4 members (excludes halogenated alkanes) is 3. The summed E-state index contributed by atoms with van der Waals surface area (Å²) in [5.74, 6) is -0.143. The molecule has 21 heteroatoms. The third kappa shape index (κ3) is 13.2. The number of nitrogens with zero attached hydrogens (tertiary/aromatic N) is 10. The molecule has 0 bridgehead atoms. The Balaban J connectivity index is 0.908. The monoisotopic (exact) mass is 1090 g/mol. The van der Waals surface area contributed by atoms with E-state index in [-0.39, 0.29) is 36.1 Å². The van der Waals surface area contributed by atoms with Crippen LogP contribution >= 0.6 is 0 Å². The molecule has 420 valence electrons. The minimum absolute atomic E-state index is 0.0373. The number of pyridine rings is 2. The molecule has 0 spiro atoms. The number of hydrogen-bond acceptors (Lipinski definition) is 12. The zero-order valence-electron chi connectivity index (χ0n) is 45.6. The van der Waals surface area contributed by atoms with Gasteiger partial charge < -0.3 is 48.6 Å². The van der Waals surface area contributed by atoms with Gasteiger partial charge in [0.1, 0.15) is 34.2 Å². The standard InChI is InChI=1S/C58H73F2N13O6/c1-4-6-8-20-77-25-26-79-22-19-70(3)58(75)67-42-13-11-15-44(30-42)72-37-50(48-35-64-53(69-57(48)72)47-34-63-52-45(47)27-39(59)32-62-52)73-36-49(46-28-40(60)33-65-56(46)73)54-61-31-38-17-18-71(55(38)68-54)43-14-10-12-41(29-43)66-51(74)16-7-9-21-78-24-23-76-5-2/h17-18,27-28,31-37,41-44H,4-16,19-26,29-30H2,1-3H3,(H,62,63)(H,66,74)(H,67,75)/t41-,42+,43+,44-/m0/s1. The molecule has 0 aliphatic heterocycles. The van der Waals surface area contributed by atoms with Crippen LogP contribution < -0.4 is 10.6 Å². The van der Waals surface area contributed by atoms with Crippen molar-refractivity contribution >= 4 is 56.1 Å². The van der Waals surface area contributed by atoms with Crippen LogP contribution in [0.5, 0.6) is 0 Å². The molecule has 0 saturated heterocycles. The molecule has 3 N–H and O–H groups in total. The zero-order chi connectivity index (χ0) is 54.7. The molecule has 19 nitrogen and oxygen atoms in total. The lowest BCUT2D eigenvalue weighted by atomic mass is 9.90. The lowest BCUT2D eigenvalue weighted by molar-refractivity contribution is -0.122. The van der Waals surface area contributed by atoms with E-state index < -0.39 is 11.6 Å². The third-order valence-corrected chi connectivity index (χ3v) is 15.3. The predicted molar refractivity (Wildman–Crippen MR) is 298 cm³/mol. The summed E-state index contributed by atoms with van der Waals surface area (Å²) in [7, 11) is 1.77. The summed E-state index contributed by atoms with van der Waals surface area (Å²) in [4.78, 5) is 60.5. The highest BCUT2D eigenvalue weighted by Crippen LogP contribution is 2.39. The van der Waals surface area contributed by atoms with Gasteiger partial charge in [-0.1, -0.05) is 19.8 Å². The number of amides is 3. The maximum atomic E-state index is 15.4. The van der Waals surface area contributed by atoms with Crippen molar-refractivity contribution in [2.24, 2.45) is 0 Å². The molecule has 4 atom stereocenters. The Morgan fingerprint density at radius 2 is 1.35 bits per heavy atom. The molecule has 2 aliphatic rings. The van der Waals surface area contributed by atoms with Crippen LogP contribution in [-0.2, 0) is 23.7 Å². The fourth-order valence-corrected chi connectivity index (χ4v) is 11.2. The number of fused-ring (bicyclic) bond motifs is 4. The minimum atomic E-state index is -0.506. The lowest BCUT2D eigenvalue weighted by Gasteiger charge is -2.32. The zero-order valence-corrected chi connectivity index (χ0v) is 45.6. The van der Waals surface area contributed by atoms with E-state index in [1.807, 2.05) is 36.1 Å². The van der Waals surface area contributed by atoms with Gasteiger partial charge in [-0.15, -0.1) is 0 Å². The van der Waals surface area contributed by atoms with Crippen molar-refractivity contribution in [1.82, 2.24) is 64.1 Å². The molecule has 0 radical (unpaired) electrons. The van der Waals surface area contributed by atoms with Crippen LogP contribution in [0.4, 0.5) is 13.6 Å². The van der Waals surface area contributed by atoms with Crippen LogP contribution in [0.15, 0.2) is 67.8 Å². The smallest absolute Gasteiger partial charge is 0.317 e. The molecule has 10 rings (SSSR count). The van der Waals surface area contributed by atoms with Crippen LogP contribution in [0.25, 0.3) is 72.6 Å². The van der Waals surface area contributed by atoms with Crippen molar-refractivity contribution in [3.05, 3.63) is 79.4 Å². The third-order valence-electron chi connectivity index (χ3n) is 15.3. The molecular formula is C58H73F2N13O6. The second kappa shape index (κ2) is 26.3. The first-order valence-electron chi connectivity index (χ1n) is 28.3. The van der Waals surface area contributed by atoms with Gasteiger partial charge in [-0.25, -0.2) is 43.5 Å². The number of carbonyl (C=O) groups excluding carboxylic acids is 2. The normalized spacial score (nSPS) is 17.8. The Morgan fingerprint density at radius 3 is 2.13 bits per heavy atom. The van der Waals surface area contributed by atoms with Gasteiger partial charge in [0, 0.05) is 128 Å². The highest BCUT2D eigenvalue weighted by atomic mass is 19.1. The second-order valence-corrected chi connectivity index (χ2v) is 20.9. The summed E-state index contributed by atoms with van der Waals surface area (Å²) in [6.45, 7) is 9.11. The van der Waals surface area contributed by atoms with E-state index in [0.29, 0.717) is 127 Å². The van der Waals surface area contributed by atoms with Gasteiger partial charge in [0.05, 0.1) is 56.5 Å². The van der Waals surface area contributed by atoms with Crippen molar-refractivity contribution in [3.63, 3.8) is 0 Å². The summed E-state index contributed by atoms with van der Waals surface area (Å²) in [6, 6.07) is 4.64. The first-order valence-corrected chi connectivity index (χ1v) is 28.3. The molecular weight excluding hydrogens is 1010 g/mol. The predicted octanol–water partition coefficient (Wildman–Crippen LogP) is 10.2. The van der Waals surface area contributed by atoms with Gasteiger partial charge in [-0.2, -0.15) is 0 Å². The molecule has 8 aromatic rings. The highest BCUT2D eigenvalue weighted by molar-refractivity contribution is 5.98. The topological polar surface area (TPSA) is 206 Å². The molecule has 8 heterocycles. The number of aromatic amines is 1. The van der Waals surface area contributed by atoms with E-state index in [1.165, 1.54) is 24.5 Å². The van der Waals surface area contributed by atoms with Crippen LogP contribution in [0.2, 0.25) is 0 Å². The molecule has 0 unspecified atom stereocenters.